The minimum Gasteiger partial charge on any atom is -0.355 e. The molecule has 0 heterocycles. The SMILES string of the molecule is CCCC(=O)NCCNS(=O)(=O)c1ccc(C)cc1. The van der Waals surface area contributed by atoms with Crippen LogP contribution in [0.15, 0.2) is 29.2 Å². The summed E-state index contributed by atoms with van der Waals surface area (Å²) in [6.45, 7) is 4.29. The highest BCUT2D eigenvalue weighted by Gasteiger charge is 2.12. The number of carbonyl (C=O) groups excluding carboxylic acids is 1. The Bertz CT molecular complexity index is 509. The second kappa shape index (κ2) is 7.25. The highest BCUT2D eigenvalue weighted by molar-refractivity contribution is 7.89. The summed E-state index contributed by atoms with van der Waals surface area (Å²) in [6.07, 6.45) is 1.24. The van der Waals surface area contributed by atoms with E-state index in [1.54, 1.807) is 24.3 Å². The summed E-state index contributed by atoms with van der Waals surface area (Å²) in [5, 5.41) is 2.65. The van der Waals surface area contributed by atoms with E-state index < -0.39 is 10.0 Å². The van der Waals surface area contributed by atoms with Gasteiger partial charge in [-0.15, -0.1) is 0 Å². The molecule has 1 aromatic carbocycles. The molecule has 0 radical (unpaired) electrons. The molecule has 0 aliphatic rings. The van der Waals surface area contributed by atoms with E-state index in [4.69, 9.17) is 0 Å². The van der Waals surface area contributed by atoms with Crippen molar-refractivity contribution in [2.75, 3.05) is 13.1 Å². The zero-order chi connectivity index (χ0) is 14.3. The van der Waals surface area contributed by atoms with Crippen LogP contribution in [0.5, 0.6) is 0 Å². The number of sulfonamides is 1. The zero-order valence-corrected chi connectivity index (χ0v) is 12.1. The van der Waals surface area contributed by atoms with Crippen molar-refractivity contribution in [3.05, 3.63) is 29.8 Å². The Morgan fingerprint density at radius 3 is 2.37 bits per heavy atom. The normalized spacial score (nSPS) is 11.3. The molecule has 6 heteroatoms. The molecule has 2 N–H and O–H groups in total. The quantitative estimate of drug-likeness (QED) is 0.739. The summed E-state index contributed by atoms with van der Waals surface area (Å²) in [5.74, 6) is -0.0583. The van der Waals surface area contributed by atoms with Gasteiger partial charge in [-0.1, -0.05) is 24.6 Å². The molecule has 1 amide bonds. The van der Waals surface area contributed by atoms with Crippen LogP contribution in [-0.4, -0.2) is 27.4 Å². The molecule has 5 nitrogen and oxygen atoms in total. The average Bonchev–Trinajstić information content (AvgIpc) is 2.36. The van der Waals surface area contributed by atoms with E-state index in [1.807, 2.05) is 13.8 Å². The molecule has 0 saturated carbocycles. The summed E-state index contributed by atoms with van der Waals surface area (Å²) in [6, 6.07) is 6.62. The van der Waals surface area contributed by atoms with Gasteiger partial charge in [-0.05, 0) is 25.5 Å². The second-order valence-corrected chi connectivity index (χ2v) is 6.08. The third-order valence-corrected chi connectivity index (χ3v) is 4.02. The minimum absolute atomic E-state index is 0.0583. The molecule has 0 spiro atoms. The number of hydrogen-bond acceptors (Lipinski definition) is 3. The number of aryl methyl sites for hydroxylation is 1. The van der Waals surface area contributed by atoms with Crippen LogP contribution in [0.25, 0.3) is 0 Å². The van der Waals surface area contributed by atoms with Crippen molar-refractivity contribution in [1.82, 2.24) is 10.0 Å². The lowest BCUT2D eigenvalue weighted by molar-refractivity contribution is -0.121. The van der Waals surface area contributed by atoms with E-state index in [9.17, 15) is 13.2 Å². The molecule has 0 bridgehead atoms. The molecule has 0 unspecified atom stereocenters. The van der Waals surface area contributed by atoms with Crippen molar-refractivity contribution in [2.45, 2.75) is 31.6 Å². The molecule has 19 heavy (non-hydrogen) atoms. The maximum Gasteiger partial charge on any atom is 0.240 e. The van der Waals surface area contributed by atoms with Gasteiger partial charge in [0.05, 0.1) is 4.90 Å². The van der Waals surface area contributed by atoms with Gasteiger partial charge in [0.2, 0.25) is 15.9 Å². The van der Waals surface area contributed by atoms with Crippen LogP contribution in [0.3, 0.4) is 0 Å². The first-order chi connectivity index (χ1) is 8.95. The topological polar surface area (TPSA) is 75.3 Å². The summed E-state index contributed by atoms with van der Waals surface area (Å²) in [7, 11) is -3.49. The lowest BCUT2D eigenvalue weighted by Gasteiger charge is -2.08. The number of benzene rings is 1. The van der Waals surface area contributed by atoms with Gasteiger partial charge in [-0.2, -0.15) is 0 Å². The van der Waals surface area contributed by atoms with Gasteiger partial charge in [-0.3, -0.25) is 4.79 Å². The Morgan fingerprint density at radius 1 is 1.16 bits per heavy atom. The largest absolute Gasteiger partial charge is 0.355 e. The fourth-order valence-electron chi connectivity index (χ4n) is 1.50. The predicted octanol–water partition coefficient (Wildman–Crippen LogP) is 1.19. The number of rotatable bonds is 7. The average molecular weight is 284 g/mol. The van der Waals surface area contributed by atoms with Gasteiger partial charge in [-0.25, -0.2) is 13.1 Å². The molecule has 0 aliphatic carbocycles. The number of hydrogen-bond donors (Lipinski definition) is 2. The van der Waals surface area contributed by atoms with Crippen molar-refractivity contribution in [2.24, 2.45) is 0 Å². The Labute approximate surface area is 114 Å². The van der Waals surface area contributed by atoms with Crippen LogP contribution < -0.4 is 10.0 Å². The Kier molecular flexibility index (Phi) is 5.98. The molecule has 0 atom stereocenters. The van der Waals surface area contributed by atoms with Crippen molar-refractivity contribution in [3.63, 3.8) is 0 Å². The third kappa shape index (κ3) is 5.40. The smallest absolute Gasteiger partial charge is 0.240 e. The maximum absolute atomic E-state index is 11.9. The van der Waals surface area contributed by atoms with Crippen molar-refractivity contribution < 1.29 is 13.2 Å². The second-order valence-electron chi connectivity index (χ2n) is 4.31. The molecule has 106 valence electrons. The predicted molar refractivity (Wildman–Crippen MR) is 74.3 cm³/mol. The maximum atomic E-state index is 11.9. The molecular weight excluding hydrogens is 264 g/mol. The van der Waals surface area contributed by atoms with Gasteiger partial charge in [0.15, 0.2) is 0 Å². The van der Waals surface area contributed by atoms with Gasteiger partial charge < -0.3 is 5.32 Å². The van der Waals surface area contributed by atoms with Gasteiger partial charge >= 0.3 is 0 Å². The van der Waals surface area contributed by atoms with E-state index in [1.165, 1.54) is 0 Å². The molecule has 1 aromatic rings. The first kappa shape index (κ1) is 15.7. The zero-order valence-electron chi connectivity index (χ0n) is 11.3. The molecule has 0 saturated heterocycles. The van der Waals surface area contributed by atoms with Crippen LogP contribution in [0.4, 0.5) is 0 Å². The molecule has 1 rings (SSSR count). The first-order valence-electron chi connectivity index (χ1n) is 6.28. The molecular formula is C13H20N2O3S. The van der Waals surface area contributed by atoms with Crippen molar-refractivity contribution in [1.29, 1.82) is 0 Å². The van der Waals surface area contributed by atoms with E-state index in [0.717, 1.165) is 12.0 Å². The fraction of sp³-hybridized carbons (Fsp3) is 0.462. The Balaban J connectivity index is 2.43. The lowest BCUT2D eigenvalue weighted by atomic mass is 10.2. The molecule has 0 fully saturated rings. The van der Waals surface area contributed by atoms with Gasteiger partial charge in [0.1, 0.15) is 0 Å². The Morgan fingerprint density at radius 2 is 1.79 bits per heavy atom. The highest BCUT2D eigenvalue weighted by atomic mass is 32.2. The van der Waals surface area contributed by atoms with Crippen molar-refractivity contribution in [3.8, 4) is 0 Å². The van der Waals surface area contributed by atoms with E-state index >= 15 is 0 Å². The van der Waals surface area contributed by atoms with E-state index in [2.05, 4.69) is 10.0 Å². The van der Waals surface area contributed by atoms with Crippen LogP contribution in [-0.2, 0) is 14.8 Å². The lowest BCUT2D eigenvalue weighted by Crippen LogP contribution is -2.34. The summed E-state index contributed by atoms with van der Waals surface area (Å²) >= 11 is 0. The number of nitrogens with one attached hydrogen (secondary N) is 2. The van der Waals surface area contributed by atoms with E-state index in [0.29, 0.717) is 13.0 Å². The molecule has 0 aliphatic heterocycles. The number of carbonyl (C=O) groups is 1. The standard InChI is InChI=1S/C13H20N2O3S/c1-3-4-13(16)14-9-10-15-19(17,18)12-7-5-11(2)6-8-12/h5-8,15H,3-4,9-10H2,1-2H3,(H,14,16). The summed E-state index contributed by atoms with van der Waals surface area (Å²) in [5.41, 5.74) is 1.01. The first-order valence-corrected chi connectivity index (χ1v) is 7.77. The number of amides is 1. The highest BCUT2D eigenvalue weighted by Crippen LogP contribution is 2.09. The van der Waals surface area contributed by atoms with Crippen LogP contribution in [0.1, 0.15) is 25.3 Å². The van der Waals surface area contributed by atoms with Crippen LogP contribution >= 0.6 is 0 Å². The van der Waals surface area contributed by atoms with Crippen LogP contribution in [0.2, 0.25) is 0 Å². The minimum atomic E-state index is -3.49. The monoisotopic (exact) mass is 284 g/mol. The van der Waals surface area contributed by atoms with Crippen LogP contribution in [0, 0.1) is 6.92 Å². The summed E-state index contributed by atoms with van der Waals surface area (Å²) < 4.78 is 26.2. The van der Waals surface area contributed by atoms with Crippen molar-refractivity contribution >= 4 is 15.9 Å². The Hall–Kier alpha value is -1.40. The fourth-order valence-corrected chi connectivity index (χ4v) is 2.54. The summed E-state index contributed by atoms with van der Waals surface area (Å²) in [4.78, 5) is 11.4. The molecule has 0 aromatic heterocycles. The third-order valence-electron chi connectivity index (χ3n) is 2.55. The van der Waals surface area contributed by atoms with Gasteiger partial charge in [0, 0.05) is 19.5 Å². The van der Waals surface area contributed by atoms with Gasteiger partial charge in [0.25, 0.3) is 0 Å². The van der Waals surface area contributed by atoms with E-state index in [-0.39, 0.29) is 17.3 Å².